The average molecular weight is 686 g/mol. The van der Waals surface area contributed by atoms with Crippen molar-refractivity contribution in [2.45, 2.75) is 64.2 Å². The number of nitro benzene ring substituents is 1. The van der Waals surface area contributed by atoms with E-state index < -0.39 is 22.4 Å². The molecule has 0 bridgehead atoms. The number of benzene rings is 4. The van der Waals surface area contributed by atoms with Crippen molar-refractivity contribution in [3.05, 3.63) is 135 Å². The highest BCUT2D eigenvalue weighted by Gasteiger charge is 2.55. The van der Waals surface area contributed by atoms with Crippen LogP contribution in [0.5, 0.6) is 11.5 Å². The lowest BCUT2D eigenvalue weighted by atomic mass is 9.78. The second-order valence-electron chi connectivity index (χ2n) is 11.8. The molecule has 0 amide bonds. The minimum Gasteiger partial charge on any atom is -0.497 e. The van der Waals surface area contributed by atoms with E-state index in [4.69, 9.17) is 23.5 Å². The van der Waals surface area contributed by atoms with Gasteiger partial charge in [-0.3, -0.25) is 14.8 Å². The van der Waals surface area contributed by atoms with Crippen molar-refractivity contribution in [1.29, 1.82) is 5.26 Å². The number of nitro groups is 1. The molecule has 258 valence electrons. The Labute approximate surface area is 290 Å². The smallest absolute Gasteiger partial charge is 0.276 e. The Hall–Kier alpha value is -4.36. The van der Waals surface area contributed by atoms with Crippen LogP contribution in [0.25, 0.3) is 0 Å². The number of methoxy groups -OCH3 is 2. The van der Waals surface area contributed by atoms with Crippen molar-refractivity contribution in [3.63, 3.8) is 0 Å². The minimum atomic E-state index is -2.19. The third kappa shape index (κ3) is 7.94. The third-order valence-corrected chi connectivity index (χ3v) is 9.75. The number of hydrogen-bond acceptors (Lipinski definition) is 9. The molecular formula is C38H44N3O7P. The molecule has 11 heteroatoms. The third-order valence-electron chi connectivity index (χ3n) is 8.18. The summed E-state index contributed by atoms with van der Waals surface area (Å²) in [7, 11) is 2.90. The zero-order valence-electron chi connectivity index (χ0n) is 29.0. The molecule has 4 rings (SSSR count). The minimum absolute atomic E-state index is 0.00581. The molecule has 0 spiro atoms. The van der Waals surface area contributed by atoms with Gasteiger partial charge in [0.25, 0.3) is 5.69 Å². The number of nitrogens with zero attached hydrogens (tertiary/aromatic N) is 3. The molecule has 4 aromatic carbocycles. The van der Waals surface area contributed by atoms with Crippen molar-refractivity contribution in [2.24, 2.45) is 0 Å². The Balaban J connectivity index is 2.13. The molecule has 0 N–H and O–H groups in total. The van der Waals surface area contributed by atoms with Gasteiger partial charge in [0, 0.05) is 24.8 Å². The van der Waals surface area contributed by atoms with Gasteiger partial charge in [-0.1, -0.05) is 66.7 Å². The first kappa shape index (κ1) is 37.5. The molecule has 10 nitrogen and oxygen atoms in total. The van der Waals surface area contributed by atoms with Crippen molar-refractivity contribution in [1.82, 2.24) is 4.67 Å². The molecule has 0 fully saturated rings. The van der Waals surface area contributed by atoms with Gasteiger partial charge in [-0.2, -0.15) is 5.26 Å². The largest absolute Gasteiger partial charge is 0.497 e. The second-order valence-corrected chi connectivity index (χ2v) is 12.8. The molecule has 0 aromatic heterocycles. The molecule has 0 saturated carbocycles. The molecule has 0 saturated heterocycles. The fourth-order valence-corrected chi connectivity index (χ4v) is 6.73. The molecular weight excluding hydrogens is 641 g/mol. The maximum absolute atomic E-state index is 12.7. The predicted molar refractivity (Wildman–Crippen MR) is 191 cm³/mol. The zero-order valence-corrected chi connectivity index (χ0v) is 30.0. The Morgan fingerprint density at radius 1 is 0.796 bits per heavy atom. The van der Waals surface area contributed by atoms with Crippen molar-refractivity contribution < 1.29 is 28.4 Å². The van der Waals surface area contributed by atoms with Crippen LogP contribution in [0.15, 0.2) is 103 Å². The highest BCUT2D eigenvalue weighted by atomic mass is 31.1. The van der Waals surface area contributed by atoms with E-state index in [1.165, 1.54) is 12.1 Å². The van der Waals surface area contributed by atoms with E-state index in [9.17, 15) is 15.4 Å². The van der Waals surface area contributed by atoms with Crippen LogP contribution in [-0.2, 0) is 25.2 Å². The number of ether oxygens (including phenoxy) is 4. The van der Waals surface area contributed by atoms with Crippen LogP contribution in [0.4, 0.5) is 5.69 Å². The van der Waals surface area contributed by atoms with Crippen molar-refractivity contribution >= 4 is 14.6 Å². The van der Waals surface area contributed by atoms with E-state index >= 15 is 0 Å². The van der Waals surface area contributed by atoms with Crippen molar-refractivity contribution in [3.8, 4) is 17.6 Å². The maximum Gasteiger partial charge on any atom is 0.276 e. The molecule has 0 aliphatic heterocycles. The van der Waals surface area contributed by atoms with Crippen LogP contribution in [0.1, 0.15) is 56.9 Å². The van der Waals surface area contributed by atoms with Crippen LogP contribution < -0.4 is 9.47 Å². The predicted octanol–water partition coefficient (Wildman–Crippen LogP) is 8.35. The van der Waals surface area contributed by atoms with E-state index in [-0.39, 0.29) is 38.9 Å². The van der Waals surface area contributed by atoms with E-state index in [1.807, 2.05) is 54.6 Å². The summed E-state index contributed by atoms with van der Waals surface area (Å²) in [6.45, 7) is 10.1. The van der Waals surface area contributed by atoms with E-state index in [0.29, 0.717) is 28.2 Å². The standard InChI is InChI=1S/C38H44N3O7P/c1-8-46-36(47-49-40(27(2)3)28(4)5)37(26-39,34-16-12-13-17-35(34)41(42)43)48-38(29-14-10-9-11-15-29,30-18-22-32(44-6)23-19-30)31-20-24-33(45-7)25-21-31/h9-25,27-28,36,49H,8H2,1-7H3. The number of hydrogen-bond donors (Lipinski definition) is 0. The highest BCUT2D eigenvalue weighted by molar-refractivity contribution is 7.29. The lowest BCUT2D eigenvalue weighted by molar-refractivity contribution is -0.387. The fourth-order valence-electron chi connectivity index (χ4n) is 5.86. The summed E-state index contributed by atoms with van der Waals surface area (Å²) >= 11 is 0. The molecule has 0 aliphatic rings. The quantitative estimate of drug-likeness (QED) is 0.0355. The number of para-hydroxylation sites is 1. The van der Waals surface area contributed by atoms with Gasteiger partial charge in [-0.15, -0.1) is 0 Å². The van der Waals surface area contributed by atoms with Gasteiger partial charge in [0.2, 0.25) is 11.9 Å². The van der Waals surface area contributed by atoms with Gasteiger partial charge in [0.15, 0.2) is 0 Å². The monoisotopic (exact) mass is 685 g/mol. The maximum atomic E-state index is 12.7. The Kier molecular flexibility index (Phi) is 12.9. The molecule has 49 heavy (non-hydrogen) atoms. The van der Waals surface area contributed by atoms with E-state index in [2.05, 4.69) is 38.4 Å². The van der Waals surface area contributed by atoms with Crippen LogP contribution in [0, 0.1) is 21.4 Å². The van der Waals surface area contributed by atoms with Gasteiger partial charge in [-0.05, 0) is 81.6 Å². The summed E-state index contributed by atoms with van der Waals surface area (Å²) < 4.78 is 33.3. The molecule has 0 radical (unpaired) electrons. The zero-order chi connectivity index (χ0) is 35.6. The van der Waals surface area contributed by atoms with Gasteiger partial charge in [0.1, 0.15) is 23.2 Å². The van der Waals surface area contributed by atoms with Crippen LogP contribution in [0.2, 0.25) is 0 Å². The van der Waals surface area contributed by atoms with Gasteiger partial charge in [0.05, 0.1) is 33.7 Å². The number of nitriles is 1. The van der Waals surface area contributed by atoms with E-state index in [1.54, 1.807) is 57.5 Å². The first-order chi connectivity index (χ1) is 23.6. The van der Waals surface area contributed by atoms with Gasteiger partial charge >= 0.3 is 0 Å². The van der Waals surface area contributed by atoms with Crippen LogP contribution >= 0.6 is 8.96 Å². The normalized spacial score (nSPS) is 13.8. The fraction of sp³-hybridized carbons (Fsp3) is 0.342. The first-order valence-corrected chi connectivity index (χ1v) is 16.9. The summed E-state index contributed by atoms with van der Waals surface area (Å²) in [6, 6.07) is 32.7. The van der Waals surface area contributed by atoms with Crippen LogP contribution in [0.3, 0.4) is 0 Å². The summed E-state index contributed by atoms with van der Waals surface area (Å²) in [6.07, 6.45) is -1.40. The summed E-state index contributed by atoms with van der Waals surface area (Å²) in [5.41, 5.74) is -2.13. The second kappa shape index (κ2) is 16.8. The van der Waals surface area contributed by atoms with Crippen molar-refractivity contribution in [2.75, 3.05) is 20.8 Å². The Bertz CT molecular complexity index is 1640. The summed E-state index contributed by atoms with van der Waals surface area (Å²) in [4.78, 5) is 12.1. The number of rotatable bonds is 17. The average Bonchev–Trinajstić information content (AvgIpc) is 3.12. The molecule has 4 aromatic rings. The lowest BCUT2D eigenvalue weighted by Crippen LogP contribution is -2.50. The first-order valence-electron chi connectivity index (χ1n) is 16.1. The van der Waals surface area contributed by atoms with Crippen LogP contribution in [-0.4, -0.2) is 48.8 Å². The van der Waals surface area contributed by atoms with Gasteiger partial charge in [-0.25, -0.2) is 0 Å². The van der Waals surface area contributed by atoms with E-state index in [0.717, 1.165) is 0 Å². The Morgan fingerprint density at radius 3 is 1.73 bits per heavy atom. The SMILES string of the molecule is CCOC(OPN(C(C)C)C(C)C)C(C#N)(OC(c1ccccc1)(c1ccc(OC)cc1)c1ccc(OC)cc1)c1ccccc1[N+](=O)[O-]. The molecule has 3 atom stereocenters. The topological polar surface area (TPSA) is 116 Å². The lowest BCUT2D eigenvalue weighted by Gasteiger charge is -2.45. The Morgan fingerprint density at radius 2 is 1.29 bits per heavy atom. The molecule has 3 unspecified atom stereocenters. The molecule has 0 heterocycles. The molecule has 0 aliphatic carbocycles. The summed E-state index contributed by atoms with van der Waals surface area (Å²) in [5, 5.41) is 24.1. The highest BCUT2D eigenvalue weighted by Crippen LogP contribution is 2.50. The summed E-state index contributed by atoms with van der Waals surface area (Å²) in [5.74, 6) is 1.23. The van der Waals surface area contributed by atoms with Gasteiger partial charge < -0.3 is 23.5 Å².